The number of aromatic nitrogens is 3. The highest BCUT2D eigenvalue weighted by Crippen LogP contribution is 2.25. The molecule has 74 valence electrons. The van der Waals surface area contributed by atoms with Gasteiger partial charge in [-0.25, -0.2) is 9.97 Å². The van der Waals surface area contributed by atoms with Gasteiger partial charge in [-0.3, -0.25) is 0 Å². The molecule has 3 aromatic rings. The van der Waals surface area contributed by atoms with Gasteiger partial charge < -0.3 is 4.98 Å². The van der Waals surface area contributed by atoms with Gasteiger partial charge >= 0.3 is 0 Å². The number of nitrogens with zero attached hydrogens (tertiary/aromatic N) is 2. The van der Waals surface area contributed by atoms with Crippen molar-refractivity contribution < 1.29 is 0 Å². The summed E-state index contributed by atoms with van der Waals surface area (Å²) in [6.45, 7) is 0. The summed E-state index contributed by atoms with van der Waals surface area (Å²) in [4.78, 5) is 11.9. The Bertz CT molecular complexity index is 630. The van der Waals surface area contributed by atoms with Crippen LogP contribution in [-0.2, 0) is 0 Å². The monoisotopic (exact) mass is 215 g/mol. The Morgan fingerprint density at radius 3 is 3.07 bits per heavy atom. The lowest BCUT2D eigenvalue weighted by Gasteiger charge is -1.94. The fraction of sp³-hybridized carbons (Fsp3) is 0.0909. The third-order valence-electron chi connectivity index (χ3n) is 2.44. The average Bonchev–Trinajstić information content (AvgIpc) is 2.66. The lowest BCUT2D eigenvalue weighted by Crippen LogP contribution is -1.77. The molecule has 0 aliphatic carbocycles. The highest BCUT2D eigenvalue weighted by Gasteiger charge is 2.05. The molecule has 0 fully saturated rings. The van der Waals surface area contributed by atoms with E-state index in [1.54, 1.807) is 18.0 Å². The Labute approximate surface area is 90.9 Å². The van der Waals surface area contributed by atoms with Crippen LogP contribution in [0, 0.1) is 0 Å². The quantitative estimate of drug-likeness (QED) is 0.635. The van der Waals surface area contributed by atoms with E-state index in [1.165, 1.54) is 5.39 Å². The lowest BCUT2D eigenvalue weighted by molar-refractivity contribution is 1.16. The zero-order valence-electron chi connectivity index (χ0n) is 8.19. The van der Waals surface area contributed by atoms with Gasteiger partial charge in [-0.2, -0.15) is 0 Å². The molecule has 3 nitrogen and oxygen atoms in total. The second-order valence-electron chi connectivity index (χ2n) is 3.30. The summed E-state index contributed by atoms with van der Waals surface area (Å²) in [6.07, 6.45) is 5.69. The van der Waals surface area contributed by atoms with Crippen LogP contribution in [0.5, 0.6) is 0 Å². The molecule has 0 unspecified atom stereocenters. The Balaban J connectivity index is 2.46. The van der Waals surface area contributed by atoms with Gasteiger partial charge in [0.05, 0.1) is 16.7 Å². The summed E-state index contributed by atoms with van der Waals surface area (Å²) < 4.78 is 0. The summed E-state index contributed by atoms with van der Waals surface area (Å²) in [6, 6.07) is 6.13. The smallest absolute Gasteiger partial charge is 0.138 e. The maximum atomic E-state index is 4.32. The summed E-state index contributed by atoms with van der Waals surface area (Å²) in [5.41, 5.74) is 1.97. The van der Waals surface area contributed by atoms with E-state index >= 15 is 0 Å². The normalized spacial score (nSPS) is 11.3. The van der Waals surface area contributed by atoms with E-state index < -0.39 is 0 Å². The molecule has 0 aliphatic heterocycles. The zero-order chi connectivity index (χ0) is 10.3. The van der Waals surface area contributed by atoms with Gasteiger partial charge in [0, 0.05) is 17.0 Å². The van der Waals surface area contributed by atoms with E-state index in [9.17, 15) is 0 Å². The molecule has 0 spiro atoms. The first-order valence-corrected chi connectivity index (χ1v) is 5.87. The first-order chi connectivity index (χ1) is 7.38. The highest BCUT2D eigenvalue weighted by atomic mass is 32.2. The molecule has 4 heteroatoms. The number of thioether (sulfide) groups is 1. The van der Waals surface area contributed by atoms with Crippen LogP contribution in [-0.4, -0.2) is 21.2 Å². The molecule has 3 rings (SSSR count). The van der Waals surface area contributed by atoms with Gasteiger partial charge in [-0.05, 0) is 24.5 Å². The lowest BCUT2D eigenvalue weighted by atomic mass is 10.2. The molecule has 0 aromatic carbocycles. The van der Waals surface area contributed by atoms with E-state index in [-0.39, 0.29) is 0 Å². The van der Waals surface area contributed by atoms with E-state index in [0.717, 1.165) is 21.6 Å². The number of fused-ring (bicyclic) bond motifs is 3. The van der Waals surface area contributed by atoms with Gasteiger partial charge in [0.2, 0.25) is 0 Å². The minimum Gasteiger partial charge on any atom is -0.338 e. The Morgan fingerprint density at radius 1 is 1.27 bits per heavy atom. The first-order valence-electron chi connectivity index (χ1n) is 4.65. The second-order valence-corrected chi connectivity index (χ2v) is 4.12. The molecule has 15 heavy (non-hydrogen) atoms. The van der Waals surface area contributed by atoms with Crippen molar-refractivity contribution >= 4 is 33.7 Å². The van der Waals surface area contributed by atoms with Gasteiger partial charge in [-0.15, -0.1) is 11.8 Å². The molecular formula is C11H9N3S. The van der Waals surface area contributed by atoms with Crippen molar-refractivity contribution in [1.29, 1.82) is 0 Å². The molecule has 0 saturated heterocycles. The molecule has 0 radical (unpaired) electrons. The molecule has 0 saturated carbocycles. The number of pyridine rings is 2. The maximum absolute atomic E-state index is 4.32. The van der Waals surface area contributed by atoms with Crippen molar-refractivity contribution in [3.05, 3.63) is 30.6 Å². The summed E-state index contributed by atoms with van der Waals surface area (Å²) in [7, 11) is 0. The fourth-order valence-corrected chi connectivity index (χ4v) is 2.11. The number of rotatable bonds is 1. The predicted molar refractivity (Wildman–Crippen MR) is 63.2 cm³/mol. The number of nitrogens with one attached hydrogen (secondary N) is 1. The van der Waals surface area contributed by atoms with Crippen LogP contribution < -0.4 is 0 Å². The van der Waals surface area contributed by atoms with Crippen molar-refractivity contribution in [2.75, 3.05) is 6.26 Å². The van der Waals surface area contributed by atoms with Crippen molar-refractivity contribution in [1.82, 2.24) is 15.0 Å². The molecule has 3 aromatic heterocycles. The third kappa shape index (κ3) is 1.29. The van der Waals surface area contributed by atoms with Crippen LogP contribution in [0.2, 0.25) is 0 Å². The number of H-pyrrole nitrogens is 1. The number of aromatic amines is 1. The van der Waals surface area contributed by atoms with E-state index in [4.69, 9.17) is 0 Å². The molecule has 3 heterocycles. The van der Waals surface area contributed by atoms with Crippen molar-refractivity contribution in [3.63, 3.8) is 0 Å². The minimum atomic E-state index is 0.924. The average molecular weight is 215 g/mol. The van der Waals surface area contributed by atoms with Crippen LogP contribution in [0.15, 0.2) is 35.6 Å². The van der Waals surface area contributed by atoms with Gasteiger partial charge in [-0.1, -0.05) is 0 Å². The highest BCUT2D eigenvalue weighted by molar-refractivity contribution is 7.98. The Hall–Kier alpha value is -1.55. The molecular weight excluding hydrogens is 206 g/mol. The van der Waals surface area contributed by atoms with Crippen LogP contribution in [0.3, 0.4) is 0 Å². The summed E-state index contributed by atoms with van der Waals surface area (Å²) in [5.74, 6) is 0. The van der Waals surface area contributed by atoms with E-state index in [1.807, 2.05) is 18.5 Å². The van der Waals surface area contributed by atoms with E-state index in [0.29, 0.717) is 0 Å². The number of hydrogen-bond acceptors (Lipinski definition) is 3. The fourth-order valence-electron chi connectivity index (χ4n) is 1.72. The largest absolute Gasteiger partial charge is 0.338 e. The van der Waals surface area contributed by atoms with Crippen LogP contribution >= 0.6 is 11.8 Å². The maximum Gasteiger partial charge on any atom is 0.138 e. The van der Waals surface area contributed by atoms with Gasteiger partial charge in [0.15, 0.2) is 0 Å². The first kappa shape index (κ1) is 8.73. The molecule has 0 atom stereocenters. The standard InChI is InChI=1S/C11H9N3S/c1-15-10-5-8-7-3-2-4-12-11(7)14-9(8)6-13-10/h2-6H,1H3,(H,12,14). The molecule has 0 bridgehead atoms. The Morgan fingerprint density at radius 2 is 2.20 bits per heavy atom. The second kappa shape index (κ2) is 3.24. The SMILES string of the molecule is CSc1cc2c(cn1)[nH]c1ncccc12. The molecule has 0 amide bonds. The Kier molecular flexibility index (Phi) is 1.89. The third-order valence-corrected chi connectivity index (χ3v) is 3.08. The summed E-state index contributed by atoms with van der Waals surface area (Å²) >= 11 is 1.65. The molecule has 0 aliphatic rings. The predicted octanol–water partition coefficient (Wildman–Crippen LogP) is 2.83. The van der Waals surface area contributed by atoms with Crippen LogP contribution in [0.4, 0.5) is 0 Å². The minimum absolute atomic E-state index is 0.924. The van der Waals surface area contributed by atoms with Crippen LogP contribution in [0.1, 0.15) is 0 Å². The van der Waals surface area contributed by atoms with Crippen molar-refractivity contribution in [3.8, 4) is 0 Å². The van der Waals surface area contributed by atoms with E-state index in [2.05, 4.69) is 27.1 Å². The zero-order valence-corrected chi connectivity index (χ0v) is 9.01. The number of hydrogen-bond donors (Lipinski definition) is 1. The van der Waals surface area contributed by atoms with Crippen molar-refractivity contribution in [2.24, 2.45) is 0 Å². The van der Waals surface area contributed by atoms with Crippen molar-refractivity contribution in [2.45, 2.75) is 5.03 Å². The van der Waals surface area contributed by atoms with Gasteiger partial charge in [0.1, 0.15) is 5.65 Å². The topological polar surface area (TPSA) is 41.6 Å². The summed E-state index contributed by atoms with van der Waals surface area (Å²) in [5, 5.41) is 3.38. The van der Waals surface area contributed by atoms with Gasteiger partial charge in [0.25, 0.3) is 0 Å². The van der Waals surface area contributed by atoms with Crippen LogP contribution in [0.25, 0.3) is 21.9 Å². The molecule has 1 N–H and O–H groups in total.